The molecule has 1 aliphatic rings. The van der Waals surface area contributed by atoms with Crippen molar-refractivity contribution in [1.82, 2.24) is 20.4 Å². The number of nitrogens with zero attached hydrogens (tertiary/aromatic N) is 3. The Morgan fingerprint density at radius 2 is 2.09 bits per heavy atom. The molecule has 23 heavy (non-hydrogen) atoms. The summed E-state index contributed by atoms with van der Waals surface area (Å²) in [5.74, 6) is -0.214. The molecular formula is C14H16ClN5O3. The standard InChI is InChI=1S/C14H15N5O3.ClH/c20-14(16-10-5-7-15-9-10)13-6-8-18(17-13)11-1-3-12(4-2-11)19(21)22;/h1-4,6,8,10,15H,5,7,9H2,(H,16,20);1H. The van der Waals surface area contributed by atoms with Crippen LogP contribution in [0.5, 0.6) is 0 Å². The zero-order valence-electron chi connectivity index (χ0n) is 12.1. The molecule has 1 aromatic heterocycles. The summed E-state index contributed by atoms with van der Waals surface area (Å²) in [7, 11) is 0. The van der Waals surface area contributed by atoms with E-state index in [4.69, 9.17) is 0 Å². The Morgan fingerprint density at radius 3 is 2.70 bits per heavy atom. The number of carbonyl (C=O) groups excluding carboxylic acids is 1. The first-order valence-corrected chi connectivity index (χ1v) is 6.95. The van der Waals surface area contributed by atoms with E-state index in [1.165, 1.54) is 16.8 Å². The zero-order chi connectivity index (χ0) is 15.5. The molecule has 1 atom stereocenters. The maximum absolute atomic E-state index is 12.1. The highest BCUT2D eigenvalue weighted by atomic mass is 35.5. The summed E-state index contributed by atoms with van der Waals surface area (Å²) in [4.78, 5) is 22.3. The molecule has 2 N–H and O–H groups in total. The third-order valence-electron chi connectivity index (χ3n) is 3.54. The van der Waals surface area contributed by atoms with Gasteiger partial charge in [-0.2, -0.15) is 5.10 Å². The predicted octanol–water partition coefficient (Wildman–Crippen LogP) is 1.29. The van der Waals surface area contributed by atoms with Crippen molar-refractivity contribution in [2.45, 2.75) is 12.5 Å². The number of rotatable bonds is 4. The van der Waals surface area contributed by atoms with Gasteiger partial charge in [-0.25, -0.2) is 4.68 Å². The van der Waals surface area contributed by atoms with Gasteiger partial charge in [-0.15, -0.1) is 12.4 Å². The van der Waals surface area contributed by atoms with Crippen LogP contribution in [0.15, 0.2) is 36.5 Å². The first-order valence-electron chi connectivity index (χ1n) is 6.95. The average Bonchev–Trinajstić information content (AvgIpc) is 3.18. The molecular weight excluding hydrogens is 322 g/mol. The second-order valence-corrected chi connectivity index (χ2v) is 5.08. The average molecular weight is 338 g/mol. The Labute approximate surface area is 138 Å². The molecule has 0 spiro atoms. The number of hydrogen-bond acceptors (Lipinski definition) is 5. The zero-order valence-corrected chi connectivity index (χ0v) is 13.0. The molecule has 122 valence electrons. The van der Waals surface area contributed by atoms with Crippen LogP contribution in [0.1, 0.15) is 16.9 Å². The van der Waals surface area contributed by atoms with Gasteiger partial charge in [0, 0.05) is 30.9 Å². The molecule has 1 amide bonds. The second-order valence-electron chi connectivity index (χ2n) is 5.08. The molecule has 0 aliphatic carbocycles. The van der Waals surface area contributed by atoms with E-state index < -0.39 is 4.92 Å². The van der Waals surface area contributed by atoms with E-state index in [1.54, 1.807) is 24.4 Å². The van der Waals surface area contributed by atoms with Crippen LogP contribution in [0.25, 0.3) is 5.69 Å². The van der Waals surface area contributed by atoms with Gasteiger partial charge < -0.3 is 10.6 Å². The van der Waals surface area contributed by atoms with E-state index in [0.717, 1.165) is 19.5 Å². The van der Waals surface area contributed by atoms with Crippen LogP contribution in [-0.2, 0) is 0 Å². The van der Waals surface area contributed by atoms with Crippen LogP contribution in [0.2, 0.25) is 0 Å². The van der Waals surface area contributed by atoms with Crippen LogP contribution in [0.4, 0.5) is 5.69 Å². The minimum absolute atomic E-state index is 0. The minimum Gasteiger partial charge on any atom is -0.347 e. The number of nitrogens with one attached hydrogen (secondary N) is 2. The first kappa shape index (κ1) is 16.9. The quantitative estimate of drug-likeness (QED) is 0.646. The number of benzene rings is 1. The Kier molecular flexibility index (Phi) is 5.30. The van der Waals surface area contributed by atoms with Crippen LogP contribution in [0.3, 0.4) is 0 Å². The predicted molar refractivity (Wildman–Crippen MR) is 86.2 cm³/mol. The molecule has 9 heteroatoms. The molecule has 1 aliphatic heterocycles. The highest BCUT2D eigenvalue weighted by Crippen LogP contribution is 2.15. The minimum atomic E-state index is -0.457. The van der Waals surface area contributed by atoms with Crippen molar-refractivity contribution in [3.05, 3.63) is 52.3 Å². The summed E-state index contributed by atoms with van der Waals surface area (Å²) in [6.45, 7) is 1.68. The third kappa shape index (κ3) is 3.85. The molecule has 2 heterocycles. The Balaban J connectivity index is 0.00000192. The lowest BCUT2D eigenvalue weighted by molar-refractivity contribution is -0.384. The molecule has 1 unspecified atom stereocenters. The Hall–Kier alpha value is -2.45. The lowest BCUT2D eigenvalue weighted by Crippen LogP contribution is -2.36. The van der Waals surface area contributed by atoms with E-state index in [1.807, 2.05) is 0 Å². The molecule has 2 aromatic rings. The molecule has 1 fully saturated rings. The number of amides is 1. The van der Waals surface area contributed by atoms with Crippen molar-refractivity contribution in [3.63, 3.8) is 0 Å². The summed E-state index contributed by atoms with van der Waals surface area (Å²) in [6.07, 6.45) is 2.57. The Morgan fingerprint density at radius 1 is 1.35 bits per heavy atom. The van der Waals surface area contributed by atoms with Crippen LogP contribution >= 0.6 is 12.4 Å². The lowest BCUT2D eigenvalue weighted by Gasteiger charge is -2.09. The lowest BCUT2D eigenvalue weighted by atomic mass is 10.2. The number of nitro benzene ring substituents is 1. The van der Waals surface area contributed by atoms with Gasteiger partial charge in [0.25, 0.3) is 11.6 Å². The van der Waals surface area contributed by atoms with E-state index in [0.29, 0.717) is 11.4 Å². The normalized spacial score (nSPS) is 16.6. The molecule has 0 radical (unpaired) electrons. The van der Waals surface area contributed by atoms with Gasteiger partial charge in [0.1, 0.15) is 0 Å². The number of aromatic nitrogens is 2. The van der Waals surface area contributed by atoms with Crippen LogP contribution in [-0.4, -0.2) is 39.7 Å². The van der Waals surface area contributed by atoms with Crippen molar-refractivity contribution < 1.29 is 9.72 Å². The monoisotopic (exact) mass is 337 g/mol. The van der Waals surface area contributed by atoms with E-state index in [2.05, 4.69) is 15.7 Å². The summed E-state index contributed by atoms with van der Waals surface area (Å²) >= 11 is 0. The van der Waals surface area contributed by atoms with E-state index in [-0.39, 0.29) is 30.0 Å². The van der Waals surface area contributed by atoms with Gasteiger partial charge in [-0.3, -0.25) is 14.9 Å². The maximum atomic E-state index is 12.1. The number of carbonyl (C=O) groups is 1. The molecule has 8 nitrogen and oxygen atoms in total. The summed E-state index contributed by atoms with van der Waals surface area (Å²) in [5.41, 5.74) is 1.00. The van der Waals surface area contributed by atoms with Gasteiger partial charge in [-0.05, 0) is 31.2 Å². The van der Waals surface area contributed by atoms with Crippen molar-refractivity contribution in [2.75, 3.05) is 13.1 Å². The van der Waals surface area contributed by atoms with Crippen molar-refractivity contribution in [2.24, 2.45) is 0 Å². The number of halogens is 1. The highest BCUT2D eigenvalue weighted by Gasteiger charge is 2.19. The van der Waals surface area contributed by atoms with Crippen LogP contribution < -0.4 is 10.6 Å². The Bertz CT molecular complexity index is 695. The van der Waals surface area contributed by atoms with Gasteiger partial charge in [0.15, 0.2) is 5.69 Å². The highest BCUT2D eigenvalue weighted by molar-refractivity contribution is 5.92. The van der Waals surface area contributed by atoms with Gasteiger partial charge in [-0.1, -0.05) is 0 Å². The van der Waals surface area contributed by atoms with E-state index in [9.17, 15) is 14.9 Å². The fraction of sp³-hybridized carbons (Fsp3) is 0.286. The molecule has 0 bridgehead atoms. The fourth-order valence-electron chi connectivity index (χ4n) is 2.35. The first-order chi connectivity index (χ1) is 10.6. The fourth-order valence-corrected chi connectivity index (χ4v) is 2.35. The van der Waals surface area contributed by atoms with Gasteiger partial charge in [0.05, 0.1) is 10.6 Å². The van der Waals surface area contributed by atoms with E-state index >= 15 is 0 Å². The van der Waals surface area contributed by atoms with Crippen molar-refractivity contribution in [1.29, 1.82) is 0 Å². The van der Waals surface area contributed by atoms with Crippen LogP contribution in [0, 0.1) is 10.1 Å². The number of non-ortho nitro benzene ring substituents is 1. The SMILES string of the molecule is Cl.O=C(NC1CCNC1)c1ccn(-c2ccc([N+](=O)[O-])cc2)n1. The molecule has 1 aromatic carbocycles. The smallest absolute Gasteiger partial charge is 0.272 e. The van der Waals surface area contributed by atoms with Crippen molar-refractivity contribution in [3.8, 4) is 5.69 Å². The second kappa shape index (κ2) is 7.21. The maximum Gasteiger partial charge on any atom is 0.272 e. The summed E-state index contributed by atoms with van der Waals surface area (Å²) < 4.78 is 1.52. The molecule has 3 rings (SSSR count). The van der Waals surface area contributed by atoms with Gasteiger partial charge >= 0.3 is 0 Å². The summed E-state index contributed by atoms with van der Waals surface area (Å²) in [5, 5.41) is 20.9. The topological polar surface area (TPSA) is 102 Å². The number of hydrogen-bond donors (Lipinski definition) is 2. The summed E-state index contributed by atoms with van der Waals surface area (Å²) in [6, 6.07) is 7.75. The third-order valence-corrected chi connectivity index (χ3v) is 3.54. The molecule has 1 saturated heterocycles. The number of nitro groups is 1. The van der Waals surface area contributed by atoms with Crippen molar-refractivity contribution >= 4 is 24.0 Å². The van der Waals surface area contributed by atoms with Gasteiger partial charge in [0.2, 0.25) is 0 Å². The molecule has 0 saturated carbocycles. The largest absolute Gasteiger partial charge is 0.347 e.